The normalized spacial score (nSPS) is 10.2. The van der Waals surface area contributed by atoms with E-state index in [-0.39, 0.29) is 17.0 Å². The zero-order valence-corrected chi connectivity index (χ0v) is 16.8. The summed E-state index contributed by atoms with van der Waals surface area (Å²) >= 11 is 0. The van der Waals surface area contributed by atoms with E-state index in [9.17, 15) is 24.1 Å². The number of anilines is 2. The summed E-state index contributed by atoms with van der Waals surface area (Å²) in [5, 5.41) is 15.9. The number of carbonyl (C=O) groups excluding carboxylic acids is 2. The molecule has 0 radical (unpaired) electrons. The summed E-state index contributed by atoms with van der Waals surface area (Å²) in [5.74, 6) is -1.61. The molecule has 3 aromatic carbocycles. The predicted molar refractivity (Wildman–Crippen MR) is 115 cm³/mol. The second-order valence-corrected chi connectivity index (χ2v) is 6.44. The molecule has 0 unspecified atom stereocenters. The molecule has 2 amide bonds. The third-order valence-corrected chi connectivity index (χ3v) is 4.26. The average Bonchev–Trinajstić information content (AvgIpc) is 2.78. The Morgan fingerprint density at radius 3 is 2.50 bits per heavy atom. The molecule has 0 fully saturated rings. The van der Waals surface area contributed by atoms with Gasteiger partial charge < -0.3 is 20.1 Å². The van der Waals surface area contributed by atoms with Crippen LogP contribution in [0.1, 0.15) is 10.4 Å². The van der Waals surface area contributed by atoms with Crippen LogP contribution in [0.25, 0.3) is 0 Å². The molecular formula is C22H18FN3O6. The Balaban J connectivity index is 1.65. The first kappa shape index (κ1) is 22.2. The lowest BCUT2D eigenvalue weighted by atomic mass is 10.1. The summed E-state index contributed by atoms with van der Waals surface area (Å²) in [4.78, 5) is 34.8. The number of nitro benzene ring substituents is 1. The summed E-state index contributed by atoms with van der Waals surface area (Å²) in [7, 11) is 1.51. The lowest BCUT2D eigenvalue weighted by Gasteiger charge is -2.12. The smallest absolute Gasteiger partial charge is 0.305 e. The molecule has 0 saturated heterocycles. The minimum atomic E-state index is -1.08. The van der Waals surface area contributed by atoms with Gasteiger partial charge >= 0.3 is 5.69 Å². The molecule has 3 aromatic rings. The van der Waals surface area contributed by atoms with Gasteiger partial charge in [-0.2, -0.15) is 4.39 Å². The topological polar surface area (TPSA) is 120 Å². The lowest BCUT2D eigenvalue weighted by Crippen LogP contribution is -2.22. The second-order valence-electron chi connectivity index (χ2n) is 6.44. The monoisotopic (exact) mass is 439 g/mol. The number of rotatable bonds is 8. The van der Waals surface area contributed by atoms with Crippen LogP contribution in [-0.4, -0.2) is 30.5 Å². The molecule has 0 aliphatic heterocycles. The standard InChI is InChI=1S/C22H18FN3O6/c1-31-15-6-4-5-14(11-15)24-22(28)17-7-2-3-8-19(17)25-21(27)13-32-16-9-10-20(26(29)30)18(23)12-16/h2-12H,13H2,1H3,(H,24,28)(H,25,27). The van der Waals surface area contributed by atoms with E-state index in [0.29, 0.717) is 11.4 Å². The highest BCUT2D eigenvalue weighted by atomic mass is 19.1. The Morgan fingerprint density at radius 1 is 1.00 bits per heavy atom. The van der Waals surface area contributed by atoms with E-state index in [4.69, 9.17) is 9.47 Å². The maximum absolute atomic E-state index is 13.7. The van der Waals surface area contributed by atoms with Crippen LogP contribution in [-0.2, 0) is 4.79 Å². The van der Waals surface area contributed by atoms with Crippen molar-refractivity contribution in [1.29, 1.82) is 0 Å². The lowest BCUT2D eigenvalue weighted by molar-refractivity contribution is -0.387. The number of nitro groups is 1. The average molecular weight is 439 g/mol. The molecule has 0 atom stereocenters. The first-order chi connectivity index (χ1) is 15.4. The summed E-state index contributed by atoms with van der Waals surface area (Å²) in [6.45, 7) is -0.497. The molecule has 0 spiro atoms. The van der Waals surface area contributed by atoms with Crippen LogP contribution in [0.4, 0.5) is 21.5 Å². The number of amides is 2. The molecule has 0 aromatic heterocycles. The van der Waals surface area contributed by atoms with Crippen molar-refractivity contribution in [3.63, 3.8) is 0 Å². The van der Waals surface area contributed by atoms with Crippen LogP contribution in [0.2, 0.25) is 0 Å². The highest BCUT2D eigenvalue weighted by Crippen LogP contribution is 2.23. The molecule has 10 heteroatoms. The molecule has 3 rings (SSSR count). The van der Waals surface area contributed by atoms with E-state index in [1.807, 2.05) is 0 Å². The van der Waals surface area contributed by atoms with Crippen molar-refractivity contribution < 1.29 is 28.4 Å². The van der Waals surface area contributed by atoms with Crippen molar-refractivity contribution in [2.75, 3.05) is 24.4 Å². The SMILES string of the molecule is COc1cccc(NC(=O)c2ccccc2NC(=O)COc2ccc([N+](=O)[O-])c(F)c2)c1. The number of ether oxygens (including phenoxy) is 2. The van der Waals surface area contributed by atoms with E-state index in [1.54, 1.807) is 42.5 Å². The number of hydrogen-bond donors (Lipinski definition) is 2. The maximum Gasteiger partial charge on any atom is 0.305 e. The van der Waals surface area contributed by atoms with Gasteiger partial charge in [0.05, 0.1) is 23.3 Å². The third kappa shape index (κ3) is 5.57. The molecular weight excluding hydrogens is 421 g/mol. The Kier molecular flexibility index (Phi) is 6.96. The predicted octanol–water partition coefficient (Wildman–Crippen LogP) is 4.01. The number of hydrogen-bond acceptors (Lipinski definition) is 6. The van der Waals surface area contributed by atoms with Gasteiger partial charge in [-0.3, -0.25) is 19.7 Å². The van der Waals surface area contributed by atoms with Crippen LogP contribution < -0.4 is 20.1 Å². The number of para-hydroxylation sites is 1. The van der Waals surface area contributed by atoms with Crippen molar-refractivity contribution in [3.8, 4) is 11.5 Å². The van der Waals surface area contributed by atoms with Crippen LogP contribution in [0.5, 0.6) is 11.5 Å². The van der Waals surface area contributed by atoms with E-state index < -0.39 is 34.8 Å². The Labute approximate surface area is 181 Å². The van der Waals surface area contributed by atoms with E-state index in [2.05, 4.69) is 10.6 Å². The van der Waals surface area contributed by atoms with Crippen LogP contribution >= 0.6 is 0 Å². The van der Waals surface area contributed by atoms with Crippen LogP contribution in [0.3, 0.4) is 0 Å². The number of methoxy groups -OCH3 is 1. The minimum absolute atomic E-state index is 0.0488. The van der Waals surface area contributed by atoms with Crippen molar-refractivity contribution >= 4 is 28.9 Å². The van der Waals surface area contributed by atoms with Crippen molar-refractivity contribution in [2.45, 2.75) is 0 Å². The molecule has 9 nitrogen and oxygen atoms in total. The fourth-order valence-corrected chi connectivity index (χ4v) is 2.75. The molecule has 0 saturated carbocycles. The summed E-state index contributed by atoms with van der Waals surface area (Å²) in [6, 6.07) is 16.1. The molecule has 0 aliphatic carbocycles. The fraction of sp³-hybridized carbons (Fsp3) is 0.0909. The van der Waals surface area contributed by atoms with Crippen LogP contribution in [0, 0.1) is 15.9 Å². The highest BCUT2D eigenvalue weighted by Gasteiger charge is 2.16. The first-order valence-electron chi connectivity index (χ1n) is 9.28. The van der Waals surface area contributed by atoms with E-state index >= 15 is 0 Å². The number of carbonyl (C=O) groups is 2. The van der Waals surface area contributed by atoms with Crippen molar-refractivity contribution in [1.82, 2.24) is 0 Å². The molecule has 0 bridgehead atoms. The van der Waals surface area contributed by atoms with E-state index in [0.717, 1.165) is 12.1 Å². The summed E-state index contributed by atoms with van der Waals surface area (Å²) in [6.07, 6.45) is 0. The van der Waals surface area contributed by atoms with Gasteiger partial charge in [-0.15, -0.1) is 0 Å². The number of nitrogens with zero attached hydrogens (tertiary/aromatic N) is 1. The zero-order chi connectivity index (χ0) is 23.1. The molecule has 0 heterocycles. The molecule has 0 aliphatic rings. The van der Waals surface area contributed by atoms with Gasteiger partial charge in [0.25, 0.3) is 11.8 Å². The molecule has 2 N–H and O–H groups in total. The third-order valence-electron chi connectivity index (χ3n) is 4.26. The van der Waals surface area contributed by atoms with E-state index in [1.165, 1.54) is 19.2 Å². The Morgan fingerprint density at radius 2 is 1.78 bits per heavy atom. The van der Waals surface area contributed by atoms with Gasteiger partial charge in [-0.05, 0) is 30.3 Å². The minimum Gasteiger partial charge on any atom is -0.497 e. The quantitative estimate of drug-likeness (QED) is 0.404. The fourth-order valence-electron chi connectivity index (χ4n) is 2.75. The van der Waals surface area contributed by atoms with Crippen molar-refractivity contribution in [2.24, 2.45) is 0 Å². The van der Waals surface area contributed by atoms with Crippen LogP contribution in [0.15, 0.2) is 66.7 Å². The van der Waals surface area contributed by atoms with Gasteiger partial charge in [0.2, 0.25) is 5.82 Å². The Bertz CT molecular complexity index is 1170. The van der Waals surface area contributed by atoms with Gasteiger partial charge in [-0.25, -0.2) is 0 Å². The largest absolute Gasteiger partial charge is 0.497 e. The van der Waals surface area contributed by atoms with Gasteiger partial charge in [-0.1, -0.05) is 18.2 Å². The number of halogens is 1. The molecule has 164 valence electrons. The summed E-state index contributed by atoms with van der Waals surface area (Å²) < 4.78 is 24.0. The highest BCUT2D eigenvalue weighted by molar-refractivity contribution is 6.10. The zero-order valence-electron chi connectivity index (χ0n) is 16.8. The number of benzene rings is 3. The summed E-state index contributed by atoms with van der Waals surface area (Å²) in [5.41, 5.74) is 0.276. The second kappa shape index (κ2) is 10.0. The number of nitrogens with one attached hydrogen (secondary N) is 2. The maximum atomic E-state index is 13.7. The van der Waals surface area contributed by atoms with Gasteiger partial charge in [0, 0.05) is 23.9 Å². The van der Waals surface area contributed by atoms with Gasteiger partial charge in [0.1, 0.15) is 11.5 Å². The molecule has 32 heavy (non-hydrogen) atoms. The van der Waals surface area contributed by atoms with Crippen molar-refractivity contribution in [3.05, 3.63) is 88.2 Å². The van der Waals surface area contributed by atoms with Gasteiger partial charge in [0.15, 0.2) is 6.61 Å². The first-order valence-corrected chi connectivity index (χ1v) is 9.28. The Hall–Kier alpha value is -4.47.